The lowest BCUT2D eigenvalue weighted by Gasteiger charge is -2.09. The summed E-state index contributed by atoms with van der Waals surface area (Å²) >= 11 is 0. The molecule has 2 aromatic rings. The SMILES string of the molecule is CCCCOc1ccc(C(=O)Nc2ccc(OCC(=O)OC)cc2)cc1. The van der Waals surface area contributed by atoms with Crippen LogP contribution in [0.2, 0.25) is 0 Å². The number of methoxy groups -OCH3 is 1. The number of rotatable bonds is 9. The van der Waals surface area contributed by atoms with Crippen LogP contribution in [-0.4, -0.2) is 32.2 Å². The third-order valence-electron chi connectivity index (χ3n) is 3.58. The molecule has 0 unspecified atom stereocenters. The highest BCUT2D eigenvalue weighted by molar-refractivity contribution is 6.04. The van der Waals surface area contributed by atoms with E-state index in [0.717, 1.165) is 18.6 Å². The second-order valence-electron chi connectivity index (χ2n) is 5.57. The molecular weight excluding hydrogens is 334 g/mol. The van der Waals surface area contributed by atoms with Crippen LogP contribution in [0.25, 0.3) is 0 Å². The zero-order chi connectivity index (χ0) is 18.8. The molecule has 0 aliphatic rings. The van der Waals surface area contributed by atoms with Crippen LogP contribution in [-0.2, 0) is 9.53 Å². The molecule has 0 aromatic heterocycles. The Morgan fingerprint density at radius 1 is 0.923 bits per heavy atom. The molecule has 138 valence electrons. The van der Waals surface area contributed by atoms with Gasteiger partial charge in [-0.25, -0.2) is 4.79 Å². The van der Waals surface area contributed by atoms with Crippen molar-refractivity contribution in [2.75, 3.05) is 25.6 Å². The lowest BCUT2D eigenvalue weighted by atomic mass is 10.2. The second kappa shape index (κ2) is 10.1. The molecule has 2 rings (SSSR count). The Balaban J connectivity index is 1.87. The molecule has 6 nitrogen and oxygen atoms in total. The summed E-state index contributed by atoms with van der Waals surface area (Å²) in [6.07, 6.45) is 2.08. The van der Waals surface area contributed by atoms with Gasteiger partial charge in [0.2, 0.25) is 0 Å². The standard InChI is InChI=1S/C20H23NO5/c1-3-4-13-25-17-9-5-15(6-10-17)20(23)21-16-7-11-18(12-8-16)26-14-19(22)24-2/h5-12H,3-4,13-14H2,1-2H3,(H,21,23). The molecule has 1 N–H and O–H groups in total. The van der Waals surface area contributed by atoms with Gasteiger partial charge < -0.3 is 19.5 Å². The average molecular weight is 357 g/mol. The number of esters is 1. The van der Waals surface area contributed by atoms with Crippen LogP contribution in [0.15, 0.2) is 48.5 Å². The smallest absolute Gasteiger partial charge is 0.343 e. The van der Waals surface area contributed by atoms with E-state index in [1.165, 1.54) is 7.11 Å². The van der Waals surface area contributed by atoms with Crippen LogP contribution in [0.4, 0.5) is 5.69 Å². The van der Waals surface area contributed by atoms with Crippen molar-refractivity contribution in [3.05, 3.63) is 54.1 Å². The van der Waals surface area contributed by atoms with Gasteiger partial charge in [0.05, 0.1) is 13.7 Å². The fourth-order valence-corrected chi connectivity index (χ4v) is 2.08. The Morgan fingerprint density at radius 3 is 2.15 bits per heavy atom. The first-order chi connectivity index (χ1) is 12.6. The molecule has 0 fully saturated rings. The van der Waals surface area contributed by atoms with Crippen molar-refractivity contribution in [2.45, 2.75) is 19.8 Å². The van der Waals surface area contributed by atoms with Gasteiger partial charge in [-0.1, -0.05) is 13.3 Å². The quantitative estimate of drug-likeness (QED) is 0.547. The second-order valence-corrected chi connectivity index (χ2v) is 5.57. The van der Waals surface area contributed by atoms with Gasteiger partial charge in [0.25, 0.3) is 5.91 Å². The molecule has 0 spiro atoms. The normalized spacial score (nSPS) is 10.1. The first-order valence-corrected chi connectivity index (χ1v) is 8.46. The molecule has 6 heteroatoms. The number of nitrogens with one attached hydrogen (secondary N) is 1. The summed E-state index contributed by atoms with van der Waals surface area (Å²) in [6, 6.07) is 13.8. The van der Waals surface area contributed by atoms with E-state index in [1.807, 2.05) is 0 Å². The minimum Gasteiger partial charge on any atom is -0.494 e. The minimum atomic E-state index is -0.454. The highest BCUT2D eigenvalue weighted by Crippen LogP contribution is 2.18. The molecule has 0 aliphatic carbocycles. The van der Waals surface area contributed by atoms with E-state index < -0.39 is 5.97 Å². The summed E-state index contributed by atoms with van der Waals surface area (Å²) < 4.78 is 15.3. The number of unbranched alkanes of at least 4 members (excludes halogenated alkanes) is 1. The van der Waals surface area contributed by atoms with Crippen LogP contribution in [0, 0.1) is 0 Å². The van der Waals surface area contributed by atoms with Crippen molar-refractivity contribution in [1.82, 2.24) is 0 Å². The van der Waals surface area contributed by atoms with E-state index in [-0.39, 0.29) is 12.5 Å². The van der Waals surface area contributed by atoms with Crippen LogP contribution in [0.3, 0.4) is 0 Å². The van der Waals surface area contributed by atoms with E-state index in [4.69, 9.17) is 9.47 Å². The summed E-state index contributed by atoms with van der Waals surface area (Å²) in [5.41, 5.74) is 1.17. The number of hydrogen-bond donors (Lipinski definition) is 1. The fraction of sp³-hybridized carbons (Fsp3) is 0.300. The van der Waals surface area contributed by atoms with Gasteiger partial charge in [-0.05, 0) is 55.0 Å². The summed E-state index contributed by atoms with van der Waals surface area (Å²) in [5, 5.41) is 2.81. The summed E-state index contributed by atoms with van der Waals surface area (Å²) in [4.78, 5) is 23.3. The van der Waals surface area contributed by atoms with Gasteiger partial charge in [-0.2, -0.15) is 0 Å². The van der Waals surface area contributed by atoms with E-state index in [2.05, 4.69) is 17.0 Å². The van der Waals surface area contributed by atoms with Crippen molar-refractivity contribution < 1.29 is 23.8 Å². The zero-order valence-corrected chi connectivity index (χ0v) is 15.0. The monoisotopic (exact) mass is 357 g/mol. The summed E-state index contributed by atoms with van der Waals surface area (Å²) in [5.74, 6) is 0.599. The van der Waals surface area contributed by atoms with Crippen molar-refractivity contribution in [3.8, 4) is 11.5 Å². The fourth-order valence-electron chi connectivity index (χ4n) is 2.08. The maximum atomic E-state index is 12.3. The van der Waals surface area contributed by atoms with Gasteiger partial charge in [0.1, 0.15) is 11.5 Å². The molecule has 0 bridgehead atoms. The van der Waals surface area contributed by atoms with Crippen LogP contribution >= 0.6 is 0 Å². The number of carbonyl (C=O) groups excluding carboxylic acids is 2. The van der Waals surface area contributed by atoms with E-state index in [9.17, 15) is 9.59 Å². The van der Waals surface area contributed by atoms with Crippen molar-refractivity contribution >= 4 is 17.6 Å². The predicted octanol–water partition coefficient (Wildman–Crippen LogP) is 3.67. The molecule has 26 heavy (non-hydrogen) atoms. The number of ether oxygens (including phenoxy) is 3. The van der Waals surface area contributed by atoms with E-state index in [0.29, 0.717) is 23.6 Å². The minimum absolute atomic E-state index is 0.158. The number of benzene rings is 2. The zero-order valence-electron chi connectivity index (χ0n) is 15.0. The number of carbonyl (C=O) groups is 2. The van der Waals surface area contributed by atoms with Crippen molar-refractivity contribution in [1.29, 1.82) is 0 Å². The van der Waals surface area contributed by atoms with Gasteiger partial charge in [-0.15, -0.1) is 0 Å². The lowest BCUT2D eigenvalue weighted by molar-refractivity contribution is -0.142. The molecule has 0 saturated heterocycles. The molecule has 0 aliphatic heterocycles. The molecule has 0 saturated carbocycles. The molecule has 2 aromatic carbocycles. The Kier molecular flexibility index (Phi) is 7.49. The van der Waals surface area contributed by atoms with Gasteiger partial charge in [0, 0.05) is 11.3 Å². The maximum Gasteiger partial charge on any atom is 0.343 e. The predicted molar refractivity (Wildman–Crippen MR) is 98.8 cm³/mol. The Labute approximate surface area is 153 Å². The lowest BCUT2D eigenvalue weighted by Crippen LogP contribution is -2.13. The van der Waals surface area contributed by atoms with Crippen molar-refractivity contribution in [3.63, 3.8) is 0 Å². The summed E-state index contributed by atoms with van der Waals surface area (Å²) in [6.45, 7) is 2.62. The molecule has 1 amide bonds. The third-order valence-corrected chi connectivity index (χ3v) is 3.58. The van der Waals surface area contributed by atoms with Crippen LogP contribution in [0.1, 0.15) is 30.1 Å². The largest absolute Gasteiger partial charge is 0.494 e. The maximum absolute atomic E-state index is 12.3. The Hall–Kier alpha value is -3.02. The molecular formula is C20H23NO5. The Morgan fingerprint density at radius 2 is 1.54 bits per heavy atom. The summed E-state index contributed by atoms with van der Waals surface area (Å²) in [7, 11) is 1.30. The molecule has 0 heterocycles. The van der Waals surface area contributed by atoms with E-state index in [1.54, 1.807) is 48.5 Å². The third kappa shape index (κ3) is 6.12. The van der Waals surface area contributed by atoms with Crippen LogP contribution < -0.4 is 14.8 Å². The first-order valence-electron chi connectivity index (χ1n) is 8.46. The van der Waals surface area contributed by atoms with Crippen LogP contribution in [0.5, 0.6) is 11.5 Å². The number of hydrogen-bond acceptors (Lipinski definition) is 5. The highest BCUT2D eigenvalue weighted by atomic mass is 16.6. The van der Waals surface area contributed by atoms with Crippen molar-refractivity contribution in [2.24, 2.45) is 0 Å². The number of amides is 1. The molecule has 0 atom stereocenters. The number of anilines is 1. The highest BCUT2D eigenvalue weighted by Gasteiger charge is 2.07. The average Bonchev–Trinajstić information content (AvgIpc) is 2.68. The van der Waals surface area contributed by atoms with Gasteiger partial charge >= 0.3 is 5.97 Å². The van der Waals surface area contributed by atoms with Gasteiger partial charge in [0.15, 0.2) is 6.61 Å². The Bertz CT molecular complexity index is 710. The molecule has 0 radical (unpaired) electrons. The topological polar surface area (TPSA) is 73.9 Å². The first kappa shape index (κ1) is 19.3. The van der Waals surface area contributed by atoms with Gasteiger partial charge in [-0.3, -0.25) is 4.79 Å². The van der Waals surface area contributed by atoms with E-state index >= 15 is 0 Å².